The van der Waals surface area contributed by atoms with Gasteiger partial charge in [-0.1, -0.05) is 36.0 Å². The molecular formula is C22H21N3O3S. The number of amides is 2. The van der Waals surface area contributed by atoms with Crippen molar-refractivity contribution in [2.75, 3.05) is 11.9 Å². The number of hydrogen-bond donors (Lipinski definition) is 1. The van der Waals surface area contributed by atoms with Crippen molar-refractivity contribution in [3.05, 3.63) is 72.8 Å². The highest BCUT2D eigenvalue weighted by atomic mass is 32.2. The number of nitrogens with zero attached hydrogens (tertiary/aromatic N) is 2. The second-order valence-corrected chi connectivity index (χ2v) is 7.63. The molecule has 1 atom stereocenters. The number of para-hydroxylation sites is 1. The molecule has 0 aliphatic carbocycles. The molecule has 1 N–H and O–H groups in total. The van der Waals surface area contributed by atoms with Crippen LogP contribution < -0.4 is 5.32 Å². The summed E-state index contributed by atoms with van der Waals surface area (Å²) in [6.45, 7) is 5.51. The van der Waals surface area contributed by atoms with E-state index in [9.17, 15) is 14.4 Å². The number of anilines is 1. The van der Waals surface area contributed by atoms with Crippen LogP contribution in [-0.2, 0) is 9.59 Å². The third-order valence-corrected chi connectivity index (χ3v) is 5.43. The lowest BCUT2D eigenvalue weighted by Crippen LogP contribution is -2.33. The molecule has 0 aromatic heterocycles. The average molecular weight is 407 g/mol. The minimum Gasteiger partial charge on any atom is -0.326 e. The first kappa shape index (κ1) is 20.5. The van der Waals surface area contributed by atoms with E-state index in [2.05, 4.69) is 16.9 Å². The van der Waals surface area contributed by atoms with Gasteiger partial charge in [-0.3, -0.25) is 19.3 Å². The van der Waals surface area contributed by atoms with Crippen molar-refractivity contribution >= 4 is 45.9 Å². The molecule has 6 nitrogen and oxygen atoms in total. The van der Waals surface area contributed by atoms with Gasteiger partial charge in [-0.2, -0.15) is 0 Å². The van der Waals surface area contributed by atoms with E-state index in [1.807, 2.05) is 18.2 Å². The molecule has 1 fully saturated rings. The lowest BCUT2D eigenvalue weighted by molar-refractivity contribution is -0.127. The molecule has 1 aliphatic rings. The third kappa shape index (κ3) is 5.20. The van der Waals surface area contributed by atoms with E-state index in [0.717, 1.165) is 0 Å². The zero-order valence-electron chi connectivity index (χ0n) is 16.0. The summed E-state index contributed by atoms with van der Waals surface area (Å²) in [6, 6.07) is 16.0. The smallest absolute Gasteiger partial charge is 0.242 e. The van der Waals surface area contributed by atoms with Gasteiger partial charge in [-0.05, 0) is 43.3 Å². The zero-order chi connectivity index (χ0) is 20.8. The van der Waals surface area contributed by atoms with Gasteiger partial charge in [-0.25, -0.2) is 4.99 Å². The van der Waals surface area contributed by atoms with Gasteiger partial charge in [0.25, 0.3) is 0 Å². The van der Waals surface area contributed by atoms with Crippen LogP contribution in [0.4, 0.5) is 11.4 Å². The van der Waals surface area contributed by atoms with Crippen molar-refractivity contribution in [1.82, 2.24) is 4.90 Å². The highest BCUT2D eigenvalue weighted by molar-refractivity contribution is 8.15. The van der Waals surface area contributed by atoms with Gasteiger partial charge in [0.1, 0.15) is 5.25 Å². The number of amidine groups is 1. The van der Waals surface area contributed by atoms with Crippen LogP contribution in [0.3, 0.4) is 0 Å². The number of ketones is 1. The highest BCUT2D eigenvalue weighted by Crippen LogP contribution is 2.32. The summed E-state index contributed by atoms with van der Waals surface area (Å²) >= 11 is 1.26. The fourth-order valence-electron chi connectivity index (χ4n) is 2.81. The lowest BCUT2D eigenvalue weighted by Gasteiger charge is -2.13. The SMILES string of the molecule is C=CCN1C(=O)[C@H](CC(=O)Nc2ccccc2)SC1=Nc1ccc(C(C)=O)cc1. The van der Waals surface area contributed by atoms with Crippen LogP contribution in [-0.4, -0.2) is 39.5 Å². The highest BCUT2D eigenvalue weighted by Gasteiger charge is 2.38. The number of benzene rings is 2. The molecule has 1 heterocycles. The minimum absolute atomic E-state index is 0.0209. The Kier molecular flexibility index (Phi) is 6.61. The Morgan fingerprint density at radius 1 is 1.17 bits per heavy atom. The number of Topliss-reactive ketones (excluding diaryl/α,β-unsaturated/α-hetero) is 1. The van der Waals surface area contributed by atoms with E-state index in [0.29, 0.717) is 28.7 Å². The standard InChI is InChI=1S/C22H21N3O3S/c1-3-13-25-21(28)19(14-20(27)23-17-7-5-4-6-8-17)29-22(25)24-18-11-9-16(10-12-18)15(2)26/h3-12,19H,1,13-14H2,2H3,(H,23,27)/t19-/m0/s1. The van der Waals surface area contributed by atoms with Crippen molar-refractivity contribution in [2.45, 2.75) is 18.6 Å². The molecule has 0 saturated carbocycles. The van der Waals surface area contributed by atoms with E-state index < -0.39 is 5.25 Å². The number of carbonyl (C=O) groups excluding carboxylic acids is 3. The third-order valence-electron chi connectivity index (χ3n) is 4.26. The number of carbonyl (C=O) groups is 3. The number of aliphatic imine (C=N–C) groups is 1. The van der Waals surface area contributed by atoms with Gasteiger partial charge in [0.2, 0.25) is 11.8 Å². The first-order valence-electron chi connectivity index (χ1n) is 9.11. The summed E-state index contributed by atoms with van der Waals surface area (Å²) < 4.78 is 0. The maximum absolute atomic E-state index is 12.8. The maximum Gasteiger partial charge on any atom is 0.242 e. The fraction of sp³-hybridized carbons (Fsp3) is 0.182. The minimum atomic E-state index is -0.547. The zero-order valence-corrected chi connectivity index (χ0v) is 16.8. The van der Waals surface area contributed by atoms with Crippen LogP contribution in [0.15, 0.2) is 72.2 Å². The molecule has 3 rings (SSSR count). The van der Waals surface area contributed by atoms with Gasteiger partial charge in [-0.15, -0.1) is 6.58 Å². The summed E-state index contributed by atoms with van der Waals surface area (Å²) in [4.78, 5) is 42.6. The van der Waals surface area contributed by atoms with Crippen LogP contribution >= 0.6 is 11.8 Å². The molecule has 2 aromatic rings. The number of hydrogen-bond acceptors (Lipinski definition) is 5. The predicted octanol–water partition coefficient (Wildman–Crippen LogP) is 4.04. The van der Waals surface area contributed by atoms with Crippen LogP contribution in [0.2, 0.25) is 0 Å². The summed E-state index contributed by atoms with van der Waals surface area (Å²) in [5.41, 5.74) is 1.92. The number of thioether (sulfide) groups is 1. The first-order valence-corrected chi connectivity index (χ1v) is 9.99. The van der Waals surface area contributed by atoms with Gasteiger partial charge < -0.3 is 5.32 Å². The number of nitrogens with one attached hydrogen (secondary N) is 1. The first-order chi connectivity index (χ1) is 14.0. The van der Waals surface area contributed by atoms with E-state index >= 15 is 0 Å². The van der Waals surface area contributed by atoms with Crippen molar-refractivity contribution in [2.24, 2.45) is 4.99 Å². The summed E-state index contributed by atoms with van der Waals surface area (Å²) in [5.74, 6) is -0.419. The fourth-order valence-corrected chi connectivity index (χ4v) is 3.97. The molecule has 7 heteroatoms. The van der Waals surface area contributed by atoms with E-state index in [1.165, 1.54) is 23.6 Å². The quantitative estimate of drug-likeness (QED) is 0.555. The molecule has 2 amide bonds. The predicted molar refractivity (Wildman–Crippen MR) is 117 cm³/mol. The molecule has 2 aromatic carbocycles. The summed E-state index contributed by atoms with van der Waals surface area (Å²) in [5, 5.41) is 2.77. The Bertz CT molecular complexity index is 955. The summed E-state index contributed by atoms with van der Waals surface area (Å²) in [7, 11) is 0. The Morgan fingerprint density at radius 3 is 2.48 bits per heavy atom. The monoisotopic (exact) mass is 407 g/mol. The molecule has 0 bridgehead atoms. The molecular weight excluding hydrogens is 386 g/mol. The van der Waals surface area contributed by atoms with Crippen molar-refractivity contribution in [3.8, 4) is 0 Å². The Labute approximate surface area is 173 Å². The number of rotatable bonds is 7. The van der Waals surface area contributed by atoms with E-state index in [4.69, 9.17) is 0 Å². The topological polar surface area (TPSA) is 78.8 Å². The Balaban J connectivity index is 1.74. The molecule has 29 heavy (non-hydrogen) atoms. The average Bonchev–Trinajstić information content (AvgIpc) is 2.98. The second kappa shape index (κ2) is 9.34. The van der Waals surface area contributed by atoms with Crippen LogP contribution in [0, 0.1) is 0 Å². The molecule has 1 saturated heterocycles. The van der Waals surface area contributed by atoms with Gasteiger partial charge >= 0.3 is 0 Å². The largest absolute Gasteiger partial charge is 0.326 e. The normalized spacial score (nSPS) is 17.4. The Morgan fingerprint density at radius 2 is 1.86 bits per heavy atom. The van der Waals surface area contributed by atoms with Gasteiger partial charge in [0, 0.05) is 24.2 Å². The van der Waals surface area contributed by atoms with E-state index in [-0.39, 0.29) is 24.0 Å². The second-order valence-electron chi connectivity index (χ2n) is 6.46. The molecule has 0 unspecified atom stereocenters. The molecule has 0 spiro atoms. The lowest BCUT2D eigenvalue weighted by atomic mass is 10.1. The molecule has 0 radical (unpaired) electrons. The maximum atomic E-state index is 12.8. The van der Waals surface area contributed by atoms with Crippen molar-refractivity contribution < 1.29 is 14.4 Å². The van der Waals surface area contributed by atoms with Crippen molar-refractivity contribution in [3.63, 3.8) is 0 Å². The Hall–Kier alpha value is -3.19. The summed E-state index contributed by atoms with van der Waals surface area (Å²) in [6.07, 6.45) is 1.67. The molecule has 1 aliphatic heterocycles. The van der Waals surface area contributed by atoms with Crippen LogP contribution in [0.25, 0.3) is 0 Å². The van der Waals surface area contributed by atoms with Crippen LogP contribution in [0.5, 0.6) is 0 Å². The van der Waals surface area contributed by atoms with E-state index in [1.54, 1.807) is 42.5 Å². The van der Waals surface area contributed by atoms with Gasteiger partial charge in [0.05, 0.1) is 5.69 Å². The van der Waals surface area contributed by atoms with Gasteiger partial charge in [0.15, 0.2) is 11.0 Å². The van der Waals surface area contributed by atoms with Crippen LogP contribution in [0.1, 0.15) is 23.7 Å². The van der Waals surface area contributed by atoms with Crippen molar-refractivity contribution in [1.29, 1.82) is 0 Å². The molecule has 148 valence electrons.